The minimum atomic E-state index is -0.869. The zero-order valence-electron chi connectivity index (χ0n) is 10.7. The first-order valence-corrected chi connectivity index (χ1v) is 6.29. The first kappa shape index (κ1) is 11.8. The second-order valence-electron chi connectivity index (χ2n) is 4.74. The van der Waals surface area contributed by atoms with Gasteiger partial charge in [0.2, 0.25) is 0 Å². The van der Waals surface area contributed by atoms with Gasteiger partial charge in [0, 0.05) is 11.7 Å². The number of aromatic carboxylic acids is 1. The van der Waals surface area contributed by atoms with Gasteiger partial charge in [-0.2, -0.15) is 0 Å². The van der Waals surface area contributed by atoms with Crippen molar-refractivity contribution in [1.29, 1.82) is 0 Å². The third-order valence-corrected chi connectivity index (χ3v) is 3.44. The summed E-state index contributed by atoms with van der Waals surface area (Å²) in [6.45, 7) is 0. The number of hydrogen-bond donors (Lipinski definition) is 1. The maximum absolute atomic E-state index is 11.3. The van der Waals surface area contributed by atoms with Crippen LogP contribution in [-0.4, -0.2) is 22.8 Å². The average Bonchev–Trinajstić information content (AvgIpc) is 3.17. The van der Waals surface area contributed by atoms with Crippen molar-refractivity contribution in [2.24, 2.45) is 0 Å². The van der Waals surface area contributed by atoms with Gasteiger partial charge in [0.25, 0.3) is 0 Å². The number of rotatable bonds is 4. The van der Waals surface area contributed by atoms with E-state index < -0.39 is 5.97 Å². The second kappa shape index (κ2) is 4.46. The molecule has 4 nitrogen and oxygen atoms in total. The predicted molar refractivity (Wildman–Crippen MR) is 71.7 cm³/mol. The molecule has 0 aliphatic heterocycles. The molecule has 1 fully saturated rings. The molecule has 2 aromatic rings. The van der Waals surface area contributed by atoms with Crippen LogP contribution in [0, 0.1) is 0 Å². The standard InChI is InChI=1S/C15H15NO3/c1-19-12-6-2-10(3-7-12)13-8-9-14(15(17)18)16(13)11-4-5-11/h2-3,6-9,11H,4-5H2,1H3,(H,17,18). The van der Waals surface area contributed by atoms with E-state index in [-0.39, 0.29) is 0 Å². The van der Waals surface area contributed by atoms with E-state index in [1.807, 2.05) is 34.9 Å². The largest absolute Gasteiger partial charge is 0.497 e. The Hall–Kier alpha value is -2.23. The summed E-state index contributed by atoms with van der Waals surface area (Å²) in [5.74, 6) is -0.0709. The Kier molecular flexibility index (Phi) is 2.78. The lowest BCUT2D eigenvalue weighted by Crippen LogP contribution is -2.08. The molecule has 1 N–H and O–H groups in total. The molecule has 1 heterocycles. The third-order valence-electron chi connectivity index (χ3n) is 3.44. The number of methoxy groups -OCH3 is 1. The third kappa shape index (κ3) is 2.10. The summed E-state index contributed by atoms with van der Waals surface area (Å²) in [6.07, 6.45) is 2.11. The molecule has 0 saturated heterocycles. The van der Waals surface area contributed by atoms with E-state index in [1.54, 1.807) is 13.2 Å². The first-order chi connectivity index (χ1) is 9.20. The van der Waals surface area contributed by atoms with Crippen molar-refractivity contribution >= 4 is 5.97 Å². The number of ether oxygens (including phenoxy) is 1. The number of carboxylic acids is 1. The highest BCUT2D eigenvalue weighted by atomic mass is 16.5. The van der Waals surface area contributed by atoms with Crippen molar-refractivity contribution in [3.8, 4) is 17.0 Å². The van der Waals surface area contributed by atoms with E-state index in [9.17, 15) is 9.90 Å². The van der Waals surface area contributed by atoms with Crippen LogP contribution in [0.2, 0.25) is 0 Å². The fraction of sp³-hybridized carbons (Fsp3) is 0.267. The lowest BCUT2D eigenvalue weighted by Gasteiger charge is -2.11. The predicted octanol–water partition coefficient (Wildman–Crippen LogP) is 3.20. The molecule has 0 spiro atoms. The number of nitrogens with zero attached hydrogens (tertiary/aromatic N) is 1. The van der Waals surface area contributed by atoms with Crippen LogP contribution in [0.1, 0.15) is 29.4 Å². The van der Waals surface area contributed by atoms with Crippen molar-refractivity contribution < 1.29 is 14.6 Å². The maximum Gasteiger partial charge on any atom is 0.352 e. The molecule has 1 aliphatic carbocycles. The highest BCUT2D eigenvalue weighted by molar-refractivity contribution is 5.87. The number of carboxylic acid groups (broad SMARTS) is 1. The molecular weight excluding hydrogens is 242 g/mol. The summed E-state index contributed by atoms with van der Waals surface area (Å²) in [4.78, 5) is 11.3. The van der Waals surface area contributed by atoms with E-state index >= 15 is 0 Å². The summed E-state index contributed by atoms with van der Waals surface area (Å²) in [6, 6.07) is 11.6. The maximum atomic E-state index is 11.3. The number of carbonyl (C=O) groups is 1. The minimum absolute atomic E-state index is 0.332. The Bertz CT molecular complexity index is 609. The van der Waals surface area contributed by atoms with E-state index in [4.69, 9.17) is 4.74 Å². The van der Waals surface area contributed by atoms with Crippen LogP contribution in [0.5, 0.6) is 5.75 Å². The van der Waals surface area contributed by atoms with E-state index in [2.05, 4.69) is 0 Å². The monoisotopic (exact) mass is 257 g/mol. The zero-order chi connectivity index (χ0) is 13.4. The molecule has 0 atom stereocenters. The van der Waals surface area contributed by atoms with Gasteiger partial charge >= 0.3 is 5.97 Å². The van der Waals surface area contributed by atoms with Crippen molar-refractivity contribution in [1.82, 2.24) is 4.57 Å². The molecule has 1 aliphatic rings. The number of hydrogen-bond acceptors (Lipinski definition) is 2. The molecule has 1 saturated carbocycles. The highest BCUT2D eigenvalue weighted by Gasteiger charge is 2.29. The summed E-state index contributed by atoms with van der Waals surface area (Å²) >= 11 is 0. The molecule has 0 bridgehead atoms. The molecule has 19 heavy (non-hydrogen) atoms. The van der Waals surface area contributed by atoms with Crippen molar-refractivity contribution in [3.63, 3.8) is 0 Å². The van der Waals surface area contributed by atoms with Crippen LogP contribution < -0.4 is 4.74 Å². The fourth-order valence-electron chi connectivity index (χ4n) is 2.35. The molecule has 0 unspecified atom stereocenters. The second-order valence-corrected chi connectivity index (χ2v) is 4.74. The van der Waals surface area contributed by atoms with Crippen LogP contribution in [0.3, 0.4) is 0 Å². The molecule has 98 valence electrons. The Balaban J connectivity index is 2.06. The molecule has 3 rings (SSSR count). The van der Waals surface area contributed by atoms with Gasteiger partial charge in [-0.05, 0) is 54.8 Å². The van der Waals surface area contributed by atoms with Gasteiger partial charge in [0.15, 0.2) is 0 Å². The Morgan fingerprint density at radius 2 is 1.89 bits per heavy atom. The summed E-state index contributed by atoms with van der Waals surface area (Å²) in [5, 5.41) is 9.24. The quantitative estimate of drug-likeness (QED) is 0.915. The molecule has 1 aromatic heterocycles. The topological polar surface area (TPSA) is 51.5 Å². The minimum Gasteiger partial charge on any atom is -0.497 e. The summed E-state index contributed by atoms with van der Waals surface area (Å²) < 4.78 is 7.07. The smallest absolute Gasteiger partial charge is 0.352 e. The fourth-order valence-corrected chi connectivity index (χ4v) is 2.35. The molecule has 4 heteroatoms. The first-order valence-electron chi connectivity index (χ1n) is 6.29. The normalized spacial score (nSPS) is 14.4. The number of benzene rings is 1. The van der Waals surface area contributed by atoms with Crippen LogP contribution in [0.15, 0.2) is 36.4 Å². The van der Waals surface area contributed by atoms with Crippen molar-refractivity contribution in [3.05, 3.63) is 42.1 Å². The van der Waals surface area contributed by atoms with E-state index in [1.165, 1.54) is 0 Å². The van der Waals surface area contributed by atoms with Gasteiger partial charge in [-0.25, -0.2) is 4.79 Å². The van der Waals surface area contributed by atoms with Gasteiger partial charge in [-0.15, -0.1) is 0 Å². The lowest BCUT2D eigenvalue weighted by molar-refractivity contribution is 0.0685. The molecular formula is C15H15NO3. The van der Waals surface area contributed by atoms with Gasteiger partial charge in [0.1, 0.15) is 11.4 Å². The number of aromatic nitrogens is 1. The summed E-state index contributed by atoms with van der Waals surface area (Å²) in [7, 11) is 1.63. The highest BCUT2D eigenvalue weighted by Crippen LogP contribution is 2.40. The average molecular weight is 257 g/mol. The Morgan fingerprint density at radius 3 is 2.42 bits per heavy atom. The van der Waals surface area contributed by atoms with E-state index in [0.717, 1.165) is 29.8 Å². The Labute approximate surface area is 111 Å². The van der Waals surface area contributed by atoms with Crippen LogP contribution in [0.4, 0.5) is 0 Å². The van der Waals surface area contributed by atoms with Gasteiger partial charge < -0.3 is 14.4 Å². The van der Waals surface area contributed by atoms with Crippen LogP contribution in [-0.2, 0) is 0 Å². The molecule has 1 aromatic carbocycles. The van der Waals surface area contributed by atoms with E-state index in [0.29, 0.717) is 11.7 Å². The van der Waals surface area contributed by atoms with Crippen LogP contribution >= 0.6 is 0 Å². The molecule has 0 amide bonds. The Morgan fingerprint density at radius 1 is 1.21 bits per heavy atom. The zero-order valence-corrected chi connectivity index (χ0v) is 10.7. The van der Waals surface area contributed by atoms with Gasteiger partial charge in [-0.1, -0.05) is 0 Å². The van der Waals surface area contributed by atoms with Crippen LogP contribution in [0.25, 0.3) is 11.3 Å². The van der Waals surface area contributed by atoms with Gasteiger partial charge in [-0.3, -0.25) is 0 Å². The molecule has 0 radical (unpaired) electrons. The van der Waals surface area contributed by atoms with Crippen molar-refractivity contribution in [2.75, 3.05) is 7.11 Å². The summed E-state index contributed by atoms with van der Waals surface area (Å²) in [5.41, 5.74) is 2.34. The van der Waals surface area contributed by atoms with Gasteiger partial charge in [0.05, 0.1) is 7.11 Å². The SMILES string of the molecule is COc1ccc(-c2ccc(C(=O)O)n2C2CC2)cc1. The van der Waals surface area contributed by atoms with Crippen molar-refractivity contribution in [2.45, 2.75) is 18.9 Å². The lowest BCUT2D eigenvalue weighted by atomic mass is 10.1.